The molecule has 0 radical (unpaired) electrons. The van der Waals surface area contributed by atoms with Crippen molar-refractivity contribution < 1.29 is 22.0 Å². The Morgan fingerprint density at radius 3 is 2.65 bits per heavy atom. The van der Waals surface area contributed by atoms with Gasteiger partial charge in [0.05, 0.1) is 29.9 Å². The van der Waals surface area contributed by atoms with Crippen molar-refractivity contribution in [2.75, 3.05) is 11.5 Å². The Hall–Kier alpha value is -2.42. The minimum atomic E-state index is -2.98. The van der Waals surface area contributed by atoms with Crippen molar-refractivity contribution in [3.8, 4) is 5.69 Å². The van der Waals surface area contributed by atoms with Gasteiger partial charge in [0.15, 0.2) is 0 Å². The molecule has 2 heterocycles. The fourth-order valence-electron chi connectivity index (χ4n) is 3.04. The molecule has 0 saturated carbocycles. The molecule has 1 amide bonds. The number of aromatic nitrogens is 1. The van der Waals surface area contributed by atoms with Crippen molar-refractivity contribution in [3.05, 3.63) is 52.1 Å². The maximum Gasteiger partial charge on any atom is 0.423 e. The number of hydrogen-bond donors (Lipinski definition) is 1. The number of nitrogens with one attached hydrogen (secondary N) is 1. The second-order valence-electron chi connectivity index (χ2n) is 6.38. The standard InChI is InChI=1S/C17H19FN2O5S/c1-11(21)19-9-14-10-20(17(22)25-14)16-3-2-13(8-15(16)18)12-4-6-26(23,24)7-5-12/h2-3,8,10,12H,4-7,9H2,1H3,(H,19,21). The van der Waals surface area contributed by atoms with Crippen molar-refractivity contribution in [1.29, 1.82) is 0 Å². The number of hydrogen-bond acceptors (Lipinski definition) is 5. The normalized spacial score (nSPS) is 17.2. The van der Waals surface area contributed by atoms with Crippen molar-refractivity contribution in [2.24, 2.45) is 0 Å². The Morgan fingerprint density at radius 1 is 1.35 bits per heavy atom. The van der Waals surface area contributed by atoms with E-state index in [4.69, 9.17) is 4.42 Å². The van der Waals surface area contributed by atoms with Gasteiger partial charge in [-0.3, -0.25) is 4.79 Å². The van der Waals surface area contributed by atoms with E-state index in [0.29, 0.717) is 12.8 Å². The molecule has 3 rings (SSSR count). The summed E-state index contributed by atoms with van der Waals surface area (Å²) in [6, 6.07) is 4.52. The molecule has 0 aliphatic carbocycles. The average Bonchev–Trinajstić information content (AvgIpc) is 2.93. The van der Waals surface area contributed by atoms with E-state index in [-0.39, 0.29) is 41.3 Å². The first kappa shape index (κ1) is 18.4. The highest BCUT2D eigenvalue weighted by Gasteiger charge is 2.25. The predicted molar refractivity (Wildman–Crippen MR) is 92.4 cm³/mol. The Morgan fingerprint density at radius 2 is 2.04 bits per heavy atom. The SMILES string of the molecule is CC(=O)NCc1cn(-c2ccc(C3CCS(=O)(=O)CC3)cc2F)c(=O)o1. The van der Waals surface area contributed by atoms with Crippen LogP contribution in [-0.2, 0) is 21.2 Å². The van der Waals surface area contributed by atoms with E-state index in [1.165, 1.54) is 25.3 Å². The summed E-state index contributed by atoms with van der Waals surface area (Å²) in [4.78, 5) is 22.9. The molecule has 1 aromatic heterocycles. The smallest absolute Gasteiger partial charge is 0.411 e. The van der Waals surface area contributed by atoms with Crippen molar-refractivity contribution in [2.45, 2.75) is 32.2 Å². The maximum absolute atomic E-state index is 14.6. The van der Waals surface area contributed by atoms with Crippen molar-refractivity contribution >= 4 is 15.7 Å². The fraction of sp³-hybridized carbons (Fsp3) is 0.412. The van der Waals surface area contributed by atoms with Crippen LogP contribution in [0.3, 0.4) is 0 Å². The van der Waals surface area contributed by atoms with Gasteiger partial charge in [-0.25, -0.2) is 22.2 Å². The number of sulfone groups is 1. The van der Waals surface area contributed by atoms with E-state index in [2.05, 4.69) is 5.32 Å². The zero-order valence-electron chi connectivity index (χ0n) is 14.2. The number of rotatable bonds is 4. The molecule has 1 fully saturated rings. The summed E-state index contributed by atoms with van der Waals surface area (Å²) in [6.07, 6.45) is 2.27. The van der Waals surface area contributed by atoms with E-state index < -0.39 is 21.4 Å². The number of carbonyl (C=O) groups excluding carboxylic acids is 1. The number of amides is 1. The van der Waals surface area contributed by atoms with Gasteiger partial charge < -0.3 is 9.73 Å². The summed E-state index contributed by atoms with van der Waals surface area (Å²) < 4.78 is 43.6. The van der Waals surface area contributed by atoms with Gasteiger partial charge in [-0.15, -0.1) is 0 Å². The van der Waals surface area contributed by atoms with Gasteiger partial charge in [0.2, 0.25) is 5.91 Å². The molecule has 0 spiro atoms. The van der Waals surface area contributed by atoms with Gasteiger partial charge in [-0.1, -0.05) is 6.07 Å². The van der Waals surface area contributed by atoms with Crippen LogP contribution >= 0.6 is 0 Å². The van der Waals surface area contributed by atoms with E-state index in [9.17, 15) is 22.4 Å². The van der Waals surface area contributed by atoms with Crippen LogP contribution < -0.4 is 11.1 Å². The third-order valence-electron chi connectivity index (χ3n) is 4.46. The number of halogens is 1. The van der Waals surface area contributed by atoms with Gasteiger partial charge in [-0.2, -0.15) is 0 Å². The first-order chi connectivity index (χ1) is 12.2. The molecular weight excluding hydrogens is 363 g/mol. The van der Waals surface area contributed by atoms with Crippen LogP contribution in [0.5, 0.6) is 0 Å². The lowest BCUT2D eigenvalue weighted by Gasteiger charge is -2.22. The monoisotopic (exact) mass is 382 g/mol. The predicted octanol–water partition coefficient (Wildman–Crippen LogP) is 1.50. The first-order valence-corrected chi connectivity index (χ1v) is 10.0. The Bertz CT molecular complexity index is 979. The molecule has 9 heteroatoms. The lowest BCUT2D eigenvalue weighted by atomic mass is 9.93. The molecule has 7 nitrogen and oxygen atoms in total. The summed E-state index contributed by atoms with van der Waals surface area (Å²) in [5, 5.41) is 2.50. The summed E-state index contributed by atoms with van der Waals surface area (Å²) in [7, 11) is -2.98. The molecular formula is C17H19FN2O5S. The van der Waals surface area contributed by atoms with Crippen LogP contribution in [0.4, 0.5) is 4.39 Å². The van der Waals surface area contributed by atoms with Gasteiger partial charge >= 0.3 is 5.76 Å². The summed E-state index contributed by atoms with van der Waals surface area (Å²) in [5.41, 5.74) is 0.760. The van der Waals surface area contributed by atoms with Gasteiger partial charge in [0, 0.05) is 6.92 Å². The van der Waals surface area contributed by atoms with Gasteiger partial charge in [0.25, 0.3) is 0 Å². The average molecular weight is 382 g/mol. The second kappa shape index (κ2) is 7.06. The minimum absolute atomic E-state index is 0.0153. The number of carbonyl (C=O) groups is 1. The third-order valence-corrected chi connectivity index (χ3v) is 6.17. The van der Waals surface area contributed by atoms with Crippen LogP contribution in [-0.4, -0.2) is 30.4 Å². The highest BCUT2D eigenvalue weighted by molar-refractivity contribution is 7.91. The first-order valence-electron chi connectivity index (χ1n) is 8.21. The minimum Gasteiger partial charge on any atom is -0.411 e. The molecule has 1 aliphatic rings. The topological polar surface area (TPSA) is 98.4 Å². The molecule has 1 aromatic carbocycles. The summed E-state index contributed by atoms with van der Waals surface area (Å²) >= 11 is 0. The molecule has 26 heavy (non-hydrogen) atoms. The van der Waals surface area contributed by atoms with Gasteiger partial charge in [-0.05, 0) is 36.5 Å². The molecule has 2 aromatic rings. The summed E-state index contributed by atoms with van der Waals surface area (Å²) in [5.74, 6) is -1.20. The van der Waals surface area contributed by atoms with Crippen LogP contribution in [0.1, 0.15) is 37.0 Å². The summed E-state index contributed by atoms with van der Waals surface area (Å²) in [6.45, 7) is 1.37. The van der Waals surface area contributed by atoms with Crippen molar-refractivity contribution in [1.82, 2.24) is 9.88 Å². The second-order valence-corrected chi connectivity index (χ2v) is 8.68. The Labute approximate surface area is 149 Å². The quantitative estimate of drug-likeness (QED) is 0.864. The van der Waals surface area contributed by atoms with Crippen molar-refractivity contribution in [3.63, 3.8) is 0 Å². The molecule has 140 valence electrons. The molecule has 1 saturated heterocycles. The lowest BCUT2D eigenvalue weighted by Crippen LogP contribution is -2.22. The molecule has 0 unspecified atom stereocenters. The number of benzene rings is 1. The van der Waals surface area contributed by atoms with Crippen LogP contribution in [0.25, 0.3) is 5.69 Å². The highest BCUT2D eigenvalue weighted by atomic mass is 32.2. The highest BCUT2D eigenvalue weighted by Crippen LogP contribution is 2.30. The largest absolute Gasteiger partial charge is 0.423 e. The lowest BCUT2D eigenvalue weighted by molar-refractivity contribution is -0.119. The van der Waals surface area contributed by atoms with Crippen LogP contribution in [0, 0.1) is 5.82 Å². The molecule has 1 aliphatic heterocycles. The van der Waals surface area contributed by atoms with Crippen LogP contribution in [0.2, 0.25) is 0 Å². The Balaban J connectivity index is 1.82. The van der Waals surface area contributed by atoms with E-state index in [1.54, 1.807) is 6.07 Å². The van der Waals surface area contributed by atoms with Crippen LogP contribution in [0.15, 0.2) is 33.6 Å². The van der Waals surface area contributed by atoms with E-state index >= 15 is 0 Å². The molecule has 1 N–H and O–H groups in total. The fourth-order valence-corrected chi connectivity index (χ4v) is 4.53. The zero-order chi connectivity index (χ0) is 18.9. The van der Waals surface area contributed by atoms with E-state index in [1.807, 2.05) is 0 Å². The van der Waals surface area contributed by atoms with Gasteiger partial charge in [0.1, 0.15) is 21.4 Å². The third kappa shape index (κ3) is 4.04. The molecule has 0 atom stereocenters. The van der Waals surface area contributed by atoms with E-state index in [0.717, 1.165) is 10.1 Å². The number of oxazole rings is 1. The number of nitrogens with zero attached hydrogens (tertiary/aromatic N) is 1. The Kier molecular flexibility index (Phi) is 4.99. The molecule has 0 bridgehead atoms. The maximum atomic E-state index is 14.6. The zero-order valence-corrected chi connectivity index (χ0v) is 15.0.